The van der Waals surface area contributed by atoms with E-state index in [1.807, 2.05) is 53.4 Å². The summed E-state index contributed by atoms with van der Waals surface area (Å²) < 4.78 is 32.9. The molecular weight excluding hydrogens is 476 g/mol. The molecule has 4 rings (SSSR count). The van der Waals surface area contributed by atoms with Crippen LogP contribution in [0.2, 0.25) is 0 Å². The van der Waals surface area contributed by atoms with E-state index in [2.05, 4.69) is 4.90 Å². The molecule has 0 amide bonds. The molecule has 0 bridgehead atoms. The minimum absolute atomic E-state index is 0.302. The molecule has 1 atom stereocenters. The predicted octanol–water partition coefficient (Wildman–Crippen LogP) is 4.08. The van der Waals surface area contributed by atoms with Crippen LogP contribution in [0.1, 0.15) is 5.56 Å². The Labute approximate surface area is 217 Å². The third kappa shape index (κ3) is 4.52. The van der Waals surface area contributed by atoms with Crippen LogP contribution >= 0.6 is 0 Å². The summed E-state index contributed by atoms with van der Waals surface area (Å²) in [5.41, 5.74) is 1.14. The summed E-state index contributed by atoms with van der Waals surface area (Å²) in [6.07, 6.45) is 0. The van der Waals surface area contributed by atoms with E-state index in [4.69, 9.17) is 28.4 Å². The highest BCUT2D eigenvalue weighted by molar-refractivity contribution is 5.90. The van der Waals surface area contributed by atoms with Crippen molar-refractivity contribution >= 4 is 17.3 Å². The lowest BCUT2D eigenvalue weighted by molar-refractivity contribution is -0.146. The second-order valence-electron chi connectivity index (χ2n) is 8.43. The number of hydrogen-bond donors (Lipinski definition) is 0. The highest BCUT2D eigenvalue weighted by Gasteiger charge is 2.54. The Balaban J connectivity index is 1.94. The van der Waals surface area contributed by atoms with Gasteiger partial charge in [-0.2, -0.15) is 0 Å². The van der Waals surface area contributed by atoms with Gasteiger partial charge in [-0.05, 0) is 66.2 Å². The van der Waals surface area contributed by atoms with Crippen LogP contribution in [0.5, 0.6) is 28.7 Å². The Morgan fingerprint density at radius 3 is 1.65 bits per heavy atom. The summed E-state index contributed by atoms with van der Waals surface area (Å²) in [5, 5.41) is 0. The van der Waals surface area contributed by atoms with E-state index in [-0.39, 0.29) is 0 Å². The van der Waals surface area contributed by atoms with Crippen molar-refractivity contribution in [1.82, 2.24) is 0 Å². The zero-order valence-corrected chi connectivity index (χ0v) is 21.9. The summed E-state index contributed by atoms with van der Waals surface area (Å²) in [6, 6.07) is 18.9. The van der Waals surface area contributed by atoms with Crippen molar-refractivity contribution in [2.45, 2.75) is 5.54 Å². The van der Waals surface area contributed by atoms with Gasteiger partial charge in [0.15, 0.2) is 17.0 Å². The maximum Gasteiger partial charge on any atom is 0.338 e. The monoisotopic (exact) mass is 508 g/mol. The first-order valence-electron chi connectivity index (χ1n) is 11.6. The molecule has 0 aliphatic carbocycles. The molecule has 1 unspecified atom stereocenters. The Hall–Kier alpha value is -4.27. The number of carbonyl (C=O) groups excluding carboxylic acids is 1. The number of nitrogens with zero attached hydrogens (tertiary/aromatic N) is 2. The van der Waals surface area contributed by atoms with Gasteiger partial charge in [0.2, 0.25) is 5.75 Å². The molecular formula is C28H32N2O7. The zero-order chi connectivity index (χ0) is 26.6. The molecule has 3 aromatic carbocycles. The fourth-order valence-corrected chi connectivity index (χ4v) is 4.76. The van der Waals surface area contributed by atoms with Crippen LogP contribution < -0.4 is 33.5 Å². The third-order valence-electron chi connectivity index (χ3n) is 6.68. The fourth-order valence-electron chi connectivity index (χ4n) is 4.76. The Morgan fingerprint density at radius 2 is 1.22 bits per heavy atom. The van der Waals surface area contributed by atoms with Crippen molar-refractivity contribution in [1.29, 1.82) is 0 Å². The van der Waals surface area contributed by atoms with Gasteiger partial charge in [-0.15, -0.1) is 0 Å². The average molecular weight is 509 g/mol. The van der Waals surface area contributed by atoms with Crippen molar-refractivity contribution in [3.63, 3.8) is 0 Å². The van der Waals surface area contributed by atoms with Crippen LogP contribution in [0.15, 0.2) is 60.7 Å². The minimum atomic E-state index is -1.24. The minimum Gasteiger partial charge on any atom is -0.497 e. The molecule has 0 radical (unpaired) electrons. The Kier molecular flexibility index (Phi) is 7.52. The number of hydrogen-bond acceptors (Lipinski definition) is 9. The van der Waals surface area contributed by atoms with Gasteiger partial charge in [0.1, 0.15) is 11.5 Å². The van der Waals surface area contributed by atoms with Gasteiger partial charge in [-0.1, -0.05) is 0 Å². The molecule has 1 aliphatic rings. The van der Waals surface area contributed by atoms with Crippen molar-refractivity contribution in [2.75, 3.05) is 65.7 Å². The molecule has 37 heavy (non-hydrogen) atoms. The van der Waals surface area contributed by atoms with Crippen LogP contribution in [0.3, 0.4) is 0 Å². The molecule has 0 aromatic heterocycles. The lowest BCUT2D eigenvalue weighted by atomic mass is 9.87. The van der Waals surface area contributed by atoms with Crippen LogP contribution in [0, 0.1) is 0 Å². The van der Waals surface area contributed by atoms with Crippen molar-refractivity contribution in [3.8, 4) is 28.7 Å². The van der Waals surface area contributed by atoms with Crippen LogP contribution in [0.4, 0.5) is 11.4 Å². The summed E-state index contributed by atoms with van der Waals surface area (Å²) in [7, 11) is 9.27. The van der Waals surface area contributed by atoms with Crippen LogP contribution in [-0.4, -0.2) is 61.8 Å². The maximum atomic E-state index is 13.8. The van der Waals surface area contributed by atoms with Gasteiger partial charge >= 0.3 is 5.97 Å². The largest absolute Gasteiger partial charge is 0.497 e. The second-order valence-corrected chi connectivity index (χ2v) is 8.43. The smallest absolute Gasteiger partial charge is 0.338 e. The van der Waals surface area contributed by atoms with E-state index >= 15 is 0 Å². The summed E-state index contributed by atoms with van der Waals surface area (Å²) >= 11 is 0. The lowest BCUT2D eigenvalue weighted by Crippen LogP contribution is -2.51. The lowest BCUT2D eigenvalue weighted by Gasteiger charge is -2.36. The number of ether oxygens (including phenoxy) is 6. The third-order valence-corrected chi connectivity index (χ3v) is 6.68. The highest BCUT2D eigenvalue weighted by Crippen LogP contribution is 2.47. The summed E-state index contributed by atoms with van der Waals surface area (Å²) in [6.45, 7) is 0.709. The molecule has 0 saturated carbocycles. The molecule has 1 heterocycles. The van der Waals surface area contributed by atoms with Crippen LogP contribution in [0.25, 0.3) is 0 Å². The average Bonchev–Trinajstić information content (AvgIpc) is 3.37. The summed E-state index contributed by atoms with van der Waals surface area (Å²) in [4.78, 5) is 18.0. The molecule has 9 nitrogen and oxygen atoms in total. The number of esters is 1. The number of benzene rings is 3. The second kappa shape index (κ2) is 10.8. The fraction of sp³-hybridized carbons (Fsp3) is 0.321. The van der Waals surface area contributed by atoms with Crippen molar-refractivity contribution in [2.24, 2.45) is 0 Å². The molecule has 0 spiro atoms. The van der Waals surface area contributed by atoms with E-state index in [1.165, 1.54) is 7.11 Å². The first-order chi connectivity index (χ1) is 17.9. The molecule has 1 aliphatic heterocycles. The Bertz CT molecular complexity index is 1210. The van der Waals surface area contributed by atoms with Crippen molar-refractivity contribution < 1.29 is 33.2 Å². The summed E-state index contributed by atoms with van der Waals surface area (Å²) in [5.74, 6) is 2.36. The molecule has 9 heteroatoms. The van der Waals surface area contributed by atoms with Gasteiger partial charge in [-0.25, -0.2) is 4.79 Å². The SMILES string of the molecule is COC(=O)C1(c2cc(OC)c(OC)c(OC)c2)CN(c2ccc(OC)cc2)CN1c1ccc(OC)cc1. The Morgan fingerprint density at radius 1 is 0.703 bits per heavy atom. The van der Waals surface area contributed by atoms with E-state index in [1.54, 1.807) is 47.7 Å². The number of methoxy groups -OCH3 is 6. The number of rotatable bonds is 9. The van der Waals surface area contributed by atoms with Gasteiger partial charge in [0.05, 0.1) is 55.9 Å². The van der Waals surface area contributed by atoms with E-state index in [0.29, 0.717) is 41.8 Å². The number of carbonyl (C=O) groups is 1. The normalized spacial score (nSPS) is 16.8. The van der Waals surface area contributed by atoms with Gasteiger partial charge in [0, 0.05) is 11.4 Å². The first kappa shape index (κ1) is 25.8. The van der Waals surface area contributed by atoms with E-state index in [0.717, 1.165) is 17.1 Å². The number of anilines is 2. The first-order valence-corrected chi connectivity index (χ1v) is 11.6. The molecule has 1 saturated heterocycles. The van der Waals surface area contributed by atoms with E-state index < -0.39 is 11.5 Å². The van der Waals surface area contributed by atoms with E-state index in [9.17, 15) is 4.79 Å². The maximum absolute atomic E-state index is 13.8. The predicted molar refractivity (Wildman–Crippen MR) is 140 cm³/mol. The molecule has 0 N–H and O–H groups in total. The topological polar surface area (TPSA) is 78.9 Å². The quantitative estimate of drug-likeness (QED) is 0.397. The molecule has 3 aromatic rings. The van der Waals surface area contributed by atoms with Gasteiger partial charge in [0.25, 0.3) is 0 Å². The molecule has 1 fully saturated rings. The van der Waals surface area contributed by atoms with Crippen molar-refractivity contribution in [3.05, 3.63) is 66.2 Å². The highest BCUT2D eigenvalue weighted by atomic mass is 16.5. The standard InChI is InChI=1S/C28H32N2O7/c1-32-22-11-7-20(8-12-22)29-17-28(27(31)37-6,30(18-29)21-9-13-23(33-2)14-10-21)19-15-24(34-3)26(36-5)25(16-19)35-4/h7-16H,17-18H2,1-6H3. The van der Waals surface area contributed by atoms with Crippen LogP contribution in [-0.2, 0) is 15.1 Å². The zero-order valence-electron chi connectivity index (χ0n) is 21.9. The molecule has 196 valence electrons. The van der Waals surface area contributed by atoms with Gasteiger partial charge in [-0.3, -0.25) is 0 Å². The van der Waals surface area contributed by atoms with Gasteiger partial charge < -0.3 is 38.2 Å².